The normalized spacial score (nSPS) is 10.7. The van der Waals surface area contributed by atoms with Crippen molar-refractivity contribution in [3.63, 3.8) is 0 Å². The van der Waals surface area contributed by atoms with Crippen molar-refractivity contribution >= 4 is 22.3 Å². The van der Waals surface area contributed by atoms with Crippen LogP contribution in [0.2, 0.25) is 0 Å². The monoisotopic (exact) mass is 285 g/mol. The van der Waals surface area contributed by atoms with Crippen molar-refractivity contribution in [2.45, 2.75) is 6.42 Å². The van der Waals surface area contributed by atoms with E-state index in [2.05, 4.69) is 20.4 Å². The Labute approximate surface area is 119 Å². The molecule has 0 unspecified atom stereocenters. The third-order valence-corrected chi connectivity index (χ3v) is 3.01. The zero-order valence-corrected chi connectivity index (χ0v) is 10.9. The zero-order valence-electron chi connectivity index (χ0n) is 10.9. The van der Waals surface area contributed by atoms with Gasteiger partial charge in [0.15, 0.2) is 6.33 Å². The van der Waals surface area contributed by atoms with Gasteiger partial charge in [-0.2, -0.15) is 4.98 Å². The van der Waals surface area contributed by atoms with Gasteiger partial charge in [-0.25, -0.2) is 4.98 Å². The third-order valence-electron chi connectivity index (χ3n) is 3.01. The van der Waals surface area contributed by atoms with Crippen LogP contribution < -0.4 is 5.32 Å². The molecule has 0 aliphatic heterocycles. The van der Waals surface area contributed by atoms with E-state index in [9.17, 15) is 10.1 Å². The molecule has 0 aliphatic rings. The van der Waals surface area contributed by atoms with Gasteiger partial charge in [0.25, 0.3) is 5.69 Å². The number of hydrogen-bond donors (Lipinski definition) is 1. The first-order valence-corrected chi connectivity index (χ1v) is 6.27. The van der Waals surface area contributed by atoms with Crippen LogP contribution in [0.1, 0.15) is 5.89 Å². The van der Waals surface area contributed by atoms with Crippen molar-refractivity contribution in [3.8, 4) is 0 Å². The summed E-state index contributed by atoms with van der Waals surface area (Å²) in [4.78, 5) is 18.6. The number of para-hydroxylation sites is 1. The molecule has 0 atom stereocenters. The van der Waals surface area contributed by atoms with E-state index in [-0.39, 0.29) is 5.69 Å². The number of benzene rings is 1. The Hall–Kier alpha value is -3.03. The van der Waals surface area contributed by atoms with Gasteiger partial charge in [0, 0.05) is 36.3 Å². The fourth-order valence-corrected chi connectivity index (χ4v) is 2.07. The van der Waals surface area contributed by atoms with Gasteiger partial charge in [0.1, 0.15) is 5.52 Å². The molecule has 0 fully saturated rings. The highest BCUT2D eigenvalue weighted by molar-refractivity contribution is 5.96. The Morgan fingerprint density at radius 2 is 2.19 bits per heavy atom. The fraction of sp³-hybridized carbons (Fsp3) is 0.154. The van der Waals surface area contributed by atoms with Gasteiger partial charge >= 0.3 is 0 Å². The Morgan fingerprint density at radius 1 is 1.29 bits per heavy atom. The van der Waals surface area contributed by atoms with Crippen LogP contribution in [0.15, 0.2) is 41.3 Å². The van der Waals surface area contributed by atoms with Crippen LogP contribution in [0, 0.1) is 10.1 Å². The molecule has 21 heavy (non-hydrogen) atoms. The highest BCUT2D eigenvalue weighted by Gasteiger charge is 2.14. The maximum absolute atomic E-state index is 11.0. The molecule has 8 heteroatoms. The standard InChI is InChI=1S/C13H11N5O3/c19-18(20)11-3-1-2-9-10(4-6-15-13(9)11)14-7-5-12-16-8-17-21-12/h1-4,6,8H,5,7H2,(H,14,15). The van der Waals surface area contributed by atoms with Crippen LogP contribution in [-0.4, -0.2) is 26.6 Å². The second-order valence-corrected chi connectivity index (χ2v) is 4.30. The summed E-state index contributed by atoms with van der Waals surface area (Å²) in [7, 11) is 0. The minimum atomic E-state index is -0.433. The predicted molar refractivity (Wildman–Crippen MR) is 74.9 cm³/mol. The van der Waals surface area contributed by atoms with Crippen molar-refractivity contribution in [2.24, 2.45) is 0 Å². The smallest absolute Gasteiger partial charge is 0.295 e. The lowest BCUT2D eigenvalue weighted by molar-refractivity contribution is -0.383. The first-order valence-electron chi connectivity index (χ1n) is 6.27. The summed E-state index contributed by atoms with van der Waals surface area (Å²) in [5.41, 5.74) is 1.14. The van der Waals surface area contributed by atoms with Gasteiger partial charge in [0.05, 0.1) is 4.92 Å². The minimum Gasteiger partial charge on any atom is -0.384 e. The summed E-state index contributed by atoms with van der Waals surface area (Å²) in [5.74, 6) is 0.534. The van der Waals surface area contributed by atoms with E-state index in [0.717, 1.165) is 5.69 Å². The summed E-state index contributed by atoms with van der Waals surface area (Å²) >= 11 is 0. The van der Waals surface area contributed by atoms with E-state index < -0.39 is 4.92 Å². The van der Waals surface area contributed by atoms with Gasteiger partial charge < -0.3 is 9.84 Å². The SMILES string of the molecule is O=[N+]([O-])c1cccc2c(NCCc3ncno3)ccnc12. The summed E-state index contributed by atoms with van der Waals surface area (Å²) < 4.78 is 4.91. The van der Waals surface area contributed by atoms with Gasteiger partial charge in [-0.3, -0.25) is 10.1 Å². The Kier molecular flexibility index (Phi) is 3.42. The number of non-ortho nitro benzene ring substituents is 1. The predicted octanol–water partition coefficient (Wildman–Crippen LogP) is 2.18. The van der Waals surface area contributed by atoms with Gasteiger partial charge in [-0.1, -0.05) is 17.3 Å². The molecule has 0 saturated carbocycles. The molecule has 1 aromatic carbocycles. The lowest BCUT2D eigenvalue weighted by Crippen LogP contribution is -2.06. The Morgan fingerprint density at radius 3 is 2.95 bits per heavy atom. The Balaban J connectivity index is 1.85. The molecule has 0 spiro atoms. The average Bonchev–Trinajstić information content (AvgIpc) is 3.00. The van der Waals surface area contributed by atoms with E-state index >= 15 is 0 Å². The Bertz CT molecular complexity index is 773. The molecule has 0 bridgehead atoms. The molecule has 1 N–H and O–H groups in total. The van der Waals surface area contributed by atoms with Gasteiger partial charge in [0.2, 0.25) is 5.89 Å². The van der Waals surface area contributed by atoms with Crippen LogP contribution in [0.3, 0.4) is 0 Å². The van der Waals surface area contributed by atoms with Crippen molar-refractivity contribution in [3.05, 3.63) is 52.8 Å². The lowest BCUT2D eigenvalue weighted by atomic mass is 10.1. The molecular formula is C13H11N5O3. The first kappa shape index (κ1) is 13.0. The molecule has 0 saturated heterocycles. The summed E-state index contributed by atoms with van der Waals surface area (Å²) in [6, 6.07) is 6.66. The lowest BCUT2D eigenvalue weighted by Gasteiger charge is -2.08. The number of nitro benzene ring substituents is 1. The molecule has 2 aromatic heterocycles. The van der Waals surface area contributed by atoms with E-state index in [1.165, 1.54) is 12.4 Å². The summed E-state index contributed by atoms with van der Waals surface area (Å²) in [6.45, 7) is 0.573. The zero-order chi connectivity index (χ0) is 14.7. The number of aromatic nitrogens is 3. The van der Waals surface area contributed by atoms with E-state index in [0.29, 0.717) is 29.8 Å². The first-order chi connectivity index (χ1) is 10.3. The van der Waals surface area contributed by atoms with Crippen LogP contribution in [-0.2, 0) is 6.42 Å². The number of hydrogen-bond acceptors (Lipinski definition) is 7. The highest BCUT2D eigenvalue weighted by atomic mass is 16.6. The van der Waals surface area contributed by atoms with E-state index in [1.807, 2.05) is 0 Å². The second kappa shape index (κ2) is 5.53. The van der Waals surface area contributed by atoms with E-state index in [4.69, 9.17) is 4.52 Å². The van der Waals surface area contributed by atoms with E-state index in [1.54, 1.807) is 24.4 Å². The number of fused-ring (bicyclic) bond motifs is 1. The van der Waals surface area contributed by atoms with Crippen LogP contribution >= 0.6 is 0 Å². The molecule has 0 aliphatic carbocycles. The summed E-state index contributed by atoms with van der Waals surface area (Å²) in [5, 5.41) is 18.5. The maximum Gasteiger partial charge on any atom is 0.295 e. The second-order valence-electron chi connectivity index (χ2n) is 4.30. The fourth-order valence-electron chi connectivity index (χ4n) is 2.07. The number of anilines is 1. The van der Waals surface area contributed by atoms with Gasteiger partial charge in [-0.15, -0.1) is 0 Å². The molecule has 0 radical (unpaired) electrons. The molecule has 2 heterocycles. The number of rotatable bonds is 5. The number of nitro groups is 1. The molecule has 106 valence electrons. The van der Waals surface area contributed by atoms with Gasteiger partial charge in [-0.05, 0) is 6.07 Å². The quantitative estimate of drug-likeness (QED) is 0.565. The van der Waals surface area contributed by atoms with Crippen LogP contribution in [0.4, 0.5) is 11.4 Å². The largest absolute Gasteiger partial charge is 0.384 e. The number of nitrogens with one attached hydrogen (secondary N) is 1. The molecule has 8 nitrogen and oxygen atoms in total. The van der Waals surface area contributed by atoms with Crippen molar-refractivity contribution in [2.75, 3.05) is 11.9 Å². The number of nitrogens with zero attached hydrogens (tertiary/aromatic N) is 4. The van der Waals surface area contributed by atoms with Crippen molar-refractivity contribution < 1.29 is 9.45 Å². The van der Waals surface area contributed by atoms with Crippen LogP contribution in [0.5, 0.6) is 0 Å². The average molecular weight is 285 g/mol. The topological polar surface area (TPSA) is 107 Å². The molecule has 3 aromatic rings. The summed E-state index contributed by atoms with van der Waals surface area (Å²) in [6.07, 6.45) is 3.46. The highest BCUT2D eigenvalue weighted by Crippen LogP contribution is 2.28. The van der Waals surface area contributed by atoms with Crippen molar-refractivity contribution in [1.29, 1.82) is 0 Å². The minimum absolute atomic E-state index is 0.00643. The molecule has 3 rings (SSSR count). The van der Waals surface area contributed by atoms with Crippen molar-refractivity contribution in [1.82, 2.24) is 15.1 Å². The van der Waals surface area contributed by atoms with Crippen LogP contribution in [0.25, 0.3) is 10.9 Å². The third kappa shape index (κ3) is 2.64. The number of pyridine rings is 1. The maximum atomic E-state index is 11.0. The molecular weight excluding hydrogens is 274 g/mol. The molecule has 0 amide bonds.